The van der Waals surface area contributed by atoms with Gasteiger partial charge in [0.15, 0.2) is 6.29 Å². The van der Waals surface area contributed by atoms with E-state index in [1.165, 1.54) is 20.1 Å². The molecule has 0 aromatic carbocycles. The van der Waals surface area contributed by atoms with Crippen LogP contribution in [-0.4, -0.2) is 101 Å². The number of fused-ring (bicyclic) bond motifs is 1. The van der Waals surface area contributed by atoms with Crippen molar-refractivity contribution in [3.05, 3.63) is 23.5 Å². The zero-order valence-electron chi connectivity index (χ0n) is 16.9. The molecule has 1 aliphatic carbocycles. The van der Waals surface area contributed by atoms with Crippen LogP contribution in [0.15, 0.2) is 23.5 Å². The molecule has 0 spiro atoms. The van der Waals surface area contributed by atoms with Crippen molar-refractivity contribution in [3.63, 3.8) is 0 Å². The molecule has 0 saturated carbocycles. The molecule has 3 rings (SSSR count). The molecule has 1 saturated heterocycles. The van der Waals surface area contributed by atoms with Crippen LogP contribution in [-0.2, 0) is 33.3 Å². The highest BCUT2D eigenvalue weighted by Crippen LogP contribution is 2.44. The lowest BCUT2D eigenvalue weighted by Crippen LogP contribution is -2.60. The van der Waals surface area contributed by atoms with Gasteiger partial charge in [-0.1, -0.05) is 6.08 Å². The molecular weight excluding hydrogens is 420 g/mol. The number of esters is 2. The second-order valence-corrected chi connectivity index (χ2v) is 7.47. The molecule has 0 amide bonds. The maximum atomic E-state index is 12.2. The molecule has 2 heterocycles. The molecule has 0 aromatic heterocycles. The minimum atomic E-state index is -1.68. The summed E-state index contributed by atoms with van der Waals surface area (Å²) >= 11 is 0. The Kier molecular flexibility index (Phi) is 7.31. The van der Waals surface area contributed by atoms with Crippen LogP contribution in [0.5, 0.6) is 0 Å². The first-order valence-corrected chi connectivity index (χ1v) is 9.61. The van der Waals surface area contributed by atoms with Gasteiger partial charge in [-0.25, -0.2) is 4.79 Å². The van der Waals surface area contributed by atoms with Gasteiger partial charge in [-0.05, 0) is 5.57 Å². The predicted octanol–water partition coefficient (Wildman–Crippen LogP) is -2.69. The van der Waals surface area contributed by atoms with Crippen molar-refractivity contribution in [2.24, 2.45) is 11.8 Å². The molecule has 31 heavy (non-hydrogen) atoms. The summed E-state index contributed by atoms with van der Waals surface area (Å²) in [7, 11) is 1.17. The first kappa shape index (κ1) is 23.6. The Morgan fingerprint density at radius 2 is 1.77 bits per heavy atom. The van der Waals surface area contributed by atoms with Crippen LogP contribution in [0, 0.1) is 11.8 Å². The lowest BCUT2D eigenvalue weighted by molar-refractivity contribution is -0.340. The number of rotatable bonds is 6. The summed E-state index contributed by atoms with van der Waals surface area (Å²) in [5.74, 6) is -2.99. The van der Waals surface area contributed by atoms with Crippen molar-refractivity contribution in [2.45, 2.75) is 50.0 Å². The van der Waals surface area contributed by atoms with E-state index in [9.17, 15) is 35.1 Å². The van der Waals surface area contributed by atoms with Crippen molar-refractivity contribution in [1.29, 1.82) is 0 Å². The Morgan fingerprint density at radius 1 is 1.06 bits per heavy atom. The molecule has 2 unspecified atom stereocenters. The molecule has 174 valence electrons. The van der Waals surface area contributed by atoms with E-state index in [0.717, 1.165) is 6.26 Å². The van der Waals surface area contributed by atoms with E-state index in [4.69, 9.17) is 23.7 Å². The SMILES string of the molecule is COC(=O)C1=CO[C@@H](O[C@@H]2O[C@H](CO)[C@@H](O)[C@H](O)[C@H]2O)C2C(COC(C)=O)=C[C@H](O)C12. The molecule has 12 heteroatoms. The molecule has 5 N–H and O–H groups in total. The van der Waals surface area contributed by atoms with Gasteiger partial charge in [0.2, 0.25) is 6.29 Å². The summed E-state index contributed by atoms with van der Waals surface area (Å²) in [5, 5.41) is 50.0. The summed E-state index contributed by atoms with van der Waals surface area (Å²) in [6, 6.07) is 0. The van der Waals surface area contributed by atoms with Crippen molar-refractivity contribution < 1.29 is 58.8 Å². The van der Waals surface area contributed by atoms with Crippen molar-refractivity contribution in [3.8, 4) is 0 Å². The van der Waals surface area contributed by atoms with Gasteiger partial charge in [-0.3, -0.25) is 4.79 Å². The maximum Gasteiger partial charge on any atom is 0.337 e. The fourth-order valence-corrected chi connectivity index (χ4v) is 3.96. The molecule has 12 nitrogen and oxygen atoms in total. The van der Waals surface area contributed by atoms with Gasteiger partial charge >= 0.3 is 11.9 Å². The van der Waals surface area contributed by atoms with Crippen LogP contribution in [0.25, 0.3) is 0 Å². The van der Waals surface area contributed by atoms with Crippen LogP contribution in [0.2, 0.25) is 0 Å². The minimum absolute atomic E-state index is 0.0303. The molecule has 0 aromatic rings. The summed E-state index contributed by atoms with van der Waals surface area (Å²) < 4.78 is 26.3. The second-order valence-electron chi connectivity index (χ2n) is 7.47. The quantitative estimate of drug-likeness (QED) is 0.211. The fourth-order valence-electron chi connectivity index (χ4n) is 3.96. The molecule has 1 fully saturated rings. The minimum Gasteiger partial charge on any atom is -0.471 e. The van der Waals surface area contributed by atoms with E-state index in [1.54, 1.807) is 0 Å². The number of aliphatic hydroxyl groups is 5. The molecule has 2 aliphatic heterocycles. The molecule has 9 atom stereocenters. The van der Waals surface area contributed by atoms with E-state index in [0.29, 0.717) is 5.57 Å². The van der Waals surface area contributed by atoms with Gasteiger partial charge in [0.25, 0.3) is 0 Å². The van der Waals surface area contributed by atoms with Crippen molar-refractivity contribution in [1.82, 2.24) is 0 Å². The highest BCUT2D eigenvalue weighted by Gasteiger charge is 2.52. The lowest BCUT2D eigenvalue weighted by atomic mass is 9.82. The maximum absolute atomic E-state index is 12.2. The van der Waals surface area contributed by atoms with Crippen LogP contribution < -0.4 is 0 Å². The molecule has 0 radical (unpaired) electrons. The van der Waals surface area contributed by atoms with Crippen LogP contribution in [0.3, 0.4) is 0 Å². The smallest absolute Gasteiger partial charge is 0.337 e. The number of hydrogen-bond donors (Lipinski definition) is 5. The first-order valence-electron chi connectivity index (χ1n) is 9.61. The average molecular weight is 446 g/mol. The number of aliphatic hydroxyl groups excluding tert-OH is 5. The highest BCUT2D eigenvalue weighted by molar-refractivity contribution is 5.89. The summed E-state index contributed by atoms with van der Waals surface area (Å²) in [6.07, 6.45) is -7.54. The van der Waals surface area contributed by atoms with Crippen molar-refractivity contribution in [2.75, 3.05) is 20.3 Å². The summed E-state index contributed by atoms with van der Waals surface area (Å²) in [6.45, 7) is 0.355. The topological polar surface area (TPSA) is 181 Å². The fraction of sp³-hybridized carbons (Fsp3) is 0.684. The van der Waals surface area contributed by atoms with Crippen LogP contribution >= 0.6 is 0 Å². The Hall–Kier alpha value is -2.06. The summed E-state index contributed by atoms with van der Waals surface area (Å²) in [4.78, 5) is 23.4. The number of carbonyl (C=O) groups is 2. The van der Waals surface area contributed by atoms with Gasteiger partial charge in [0.05, 0.1) is 37.6 Å². The standard InChI is InChI=1S/C19H26O12/c1-7(21)28-5-8-3-10(22)13-9(17(26)27-2)6-29-18(12(8)13)31-19-16(25)15(24)14(23)11(4-20)30-19/h3,6,10-16,18-20,22-25H,4-5H2,1-2H3/t10-,11+,12?,13?,14+,15-,16+,18-,19-/m0/s1. The third kappa shape index (κ3) is 4.60. The van der Waals surface area contributed by atoms with E-state index >= 15 is 0 Å². The molecule has 3 aliphatic rings. The normalized spacial score (nSPS) is 39.6. The number of carbonyl (C=O) groups excluding carboxylic acids is 2. The largest absolute Gasteiger partial charge is 0.471 e. The Morgan fingerprint density at radius 3 is 2.39 bits per heavy atom. The van der Waals surface area contributed by atoms with Crippen LogP contribution in [0.4, 0.5) is 0 Å². The first-order chi connectivity index (χ1) is 14.7. The highest BCUT2D eigenvalue weighted by atomic mass is 16.8. The van der Waals surface area contributed by atoms with Crippen LogP contribution in [0.1, 0.15) is 6.92 Å². The number of methoxy groups -OCH3 is 1. The molecule has 0 bridgehead atoms. The molecular formula is C19H26O12. The monoisotopic (exact) mass is 446 g/mol. The van der Waals surface area contributed by atoms with Gasteiger partial charge in [0, 0.05) is 12.8 Å². The average Bonchev–Trinajstić information content (AvgIpc) is 3.09. The third-order valence-electron chi connectivity index (χ3n) is 5.53. The van der Waals surface area contributed by atoms with Gasteiger partial charge in [-0.2, -0.15) is 0 Å². The van der Waals surface area contributed by atoms with Crippen molar-refractivity contribution >= 4 is 11.9 Å². The van der Waals surface area contributed by atoms with E-state index in [2.05, 4.69) is 0 Å². The van der Waals surface area contributed by atoms with E-state index in [-0.39, 0.29) is 12.2 Å². The zero-order chi connectivity index (χ0) is 22.9. The summed E-state index contributed by atoms with van der Waals surface area (Å²) in [5.41, 5.74) is 0.430. The van der Waals surface area contributed by atoms with Gasteiger partial charge < -0.3 is 49.2 Å². The Labute approximate surface area is 177 Å². The number of hydrogen-bond acceptors (Lipinski definition) is 12. The van der Waals surface area contributed by atoms with Gasteiger partial charge in [-0.15, -0.1) is 0 Å². The van der Waals surface area contributed by atoms with E-state index in [1.807, 2.05) is 0 Å². The lowest BCUT2D eigenvalue weighted by Gasteiger charge is -2.43. The number of ether oxygens (including phenoxy) is 5. The third-order valence-corrected chi connectivity index (χ3v) is 5.53. The zero-order valence-corrected chi connectivity index (χ0v) is 16.9. The van der Waals surface area contributed by atoms with E-state index < -0.39 is 73.5 Å². The second kappa shape index (κ2) is 9.61. The Bertz CT molecular complexity index is 746. The predicted molar refractivity (Wildman–Crippen MR) is 97.5 cm³/mol. The Balaban J connectivity index is 1.86. The van der Waals surface area contributed by atoms with Gasteiger partial charge in [0.1, 0.15) is 31.0 Å².